The molecule has 0 bridgehead atoms. The first-order valence-electron chi connectivity index (χ1n) is 22.7. The predicted octanol–water partition coefficient (Wildman–Crippen LogP) is 12.9. The molecular weight excluding hydrogens is 659 g/mol. The Balaban J connectivity index is 4.46. The molecule has 310 valence electrons. The summed E-state index contributed by atoms with van der Waals surface area (Å²) in [6.45, 7) is 6.32. The Morgan fingerprint density at radius 1 is 0.566 bits per heavy atom. The Morgan fingerprint density at radius 2 is 1.02 bits per heavy atom. The molecule has 0 fully saturated rings. The van der Waals surface area contributed by atoms with Gasteiger partial charge in [-0.3, -0.25) is 9.59 Å². The van der Waals surface area contributed by atoms with E-state index < -0.39 is 18.2 Å². The van der Waals surface area contributed by atoms with Gasteiger partial charge in [-0.05, 0) is 57.8 Å². The third-order valence-corrected chi connectivity index (χ3v) is 10.2. The van der Waals surface area contributed by atoms with Crippen LogP contribution in [-0.4, -0.2) is 46.9 Å². The summed E-state index contributed by atoms with van der Waals surface area (Å²) in [5.74, 6) is -0.501. The fourth-order valence-corrected chi connectivity index (χ4v) is 6.80. The molecule has 0 rings (SSSR count). The maximum absolute atomic E-state index is 13.1. The van der Waals surface area contributed by atoms with E-state index >= 15 is 0 Å². The molecule has 53 heavy (non-hydrogen) atoms. The van der Waals surface area contributed by atoms with Crippen molar-refractivity contribution >= 4 is 11.9 Å². The summed E-state index contributed by atoms with van der Waals surface area (Å²) < 4.78 is 5.86. The third-order valence-electron chi connectivity index (χ3n) is 10.2. The minimum atomic E-state index is -0.786. The molecule has 0 saturated heterocycles. The highest BCUT2D eigenvalue weighted by Crippen LogP contribution is 2.17. The van der Waals surface area contributed by atoms with E-state index in [0.29, 0.717) is 19.3 Å². The number of hydrogen-bond acceptors (Lipinski definition) is 5. The number of amides is 1. The SMILES string of the molecule is CC/C=C/C/C=C/C/C=C/CCCCCCC(=O)OC(CCCCCCCCC)CC(=O)NC(CO)C(O)CCCCCCCCCCCCCCC. The van der Waals surface area contributed by atoms with E-state index in [9.17, 15) is 19.8 Å². The summed E-state index contributed by atoms with van der Waals surface area (Å²) in [5, 5.41) is 23.6. The van der Waals surface area contributed by atoms with Crippen molar-refractivity contribution in [3.05, 3.63) is 36.5 Å². The summed E-state index contributed by atoms with van der Waals surface area (Å²) in [7, 11) is 0. The smallest absolute Gasteiger partial charge is 0.306 e. The van der Waals surface area contributed by atoms with Crippen molar-refractivity contribution in [2.24, 2.45) is 0 Å². The van der Waals surface area contributed by atoms with E-state index in [2.05, 4.69) is 62.5 Å². The van der Waals surface area contributed by atoms with Crippen molar-refractivity contribution in [3.63, 3.8) is 0 Å². The Hall–Kier alpha value is -1.92. The maximum Gasteiger partial charge on any atom is 0.306 e. The molecule has 0 aliphatic rings. The van der Waals surface area contributed by atoms with E-state index in [4.69, 9.17) is 4.74 Å². The van der Waals surface area contributed by atoms with Crippen molar-refractivity contribution in [1.82, 2.24) is 5.32 Å². The lowest BCUT2D eigenvalue weighted by atomic mass is 10.0. The minimum Gasteiger partial charge on any atom is -0.462 e. The van der Waals surface area contributed by atoms with Crippen molar-refractivity contribution < 1.29 is 24.5 Å². The summed E-state index contributed by atoms with van der Waals surface area (Å²) in [4.78, 5) is 25.9. The van der Waals surface area contributed by atoms with Gasteiger partial charge in [0.2, 0.25) is 5.91 Å². The highest BCUT2D eigenvalue weighted by atomic mass is 16.5. The number of unbranched alkanes of at least 4 members (excludes halogenated alkanes) is 22. The van der Waals surface area contributed by atoms with Crippen LogP contribution in [0.25, 0.3) is 0 Å². The Bertz CT molecular complexity index is 884. The monoisotopic (exact) mass is 746 g/mol. The van der Waals surface area contributed by atoms with Crippen LogP contribution in [-0.2, 0) is 14.3 Å². The van der Waals surface area contributed by atoms with E-state index in [0.717, 1.165) is 89.9 Å². The largest absolute Gasteiger partial charge is 0.462 e. The molecule has 1 amide bonds. The van der Waals surface area contributed by atoms with Gasteiger partial charge in [0.15, 0.2) is 0 Å². The van der Waals surface area contributed by atoms with Crippen LogP contribution in [0.4, 0.5) is 0 Å². The van der Waals surface area contributed by atoms with Gasteiger partial charge in [0, 0.05) is 6.42 Å². The quantitative estimate of drug-likeness (QED) is 0.0330. The number of esters is 1. The number of rotatable bonds is 40. The van der Waals surface area contributed by atoms with E-state index in [1.807, 2.05) is 0 Å². The van der Waals surface area contributed by atoms with Gasteiger partial charge < -0.3 is 20.3 Å². The van der Waals surface area contributed by atoms with Crippen molar-refractivity contribution in [3.8, 4) is 0 Å². The second kappa shape index (κ2) is 41.2. The average molecular weight is 746 g/mol. The zero-order valence-corrected chi connectivity index (χ0v) is 35.1. The number of ether oxygens (including phenoxy) is 1. The zero-order chi connectivity index (χ0) is 38.9. The first kappa shape index (κ1) is 51.1. The molecule has 3 atom stereocenters. The topological polar surface area (TPSA) is 95.9 Å². The molecule has 0 saturated carbocycles. The van der Waals surface area contributed by atoms with Gasteiger partial charge in [-0.1, -0.05) is 192 Å². The predicted molar refractivity (Wildman–Crippen MR) is 227 cm³/mol. The molecular formula is C47H87NO5. The average Bonchev–Trinajstić information content (AvgIpc) is 3.15. The molecule has 0 aliphatic heterocycles. The number of nitrogens with one attached hydrogen (secondary N) is 1. The number of hydrogen-bond donors (Lipinski definition) is 3. The molecule has 3 unspecified atom stereocenters. The van der Waals surface area contributed by atoms with Crippen molar-refractivity contribution in [2.75, 3.05) is 6.61 Å². The van der Waals surface area contributed by atoms with Crippen LogP contribution in [0.1, 0.15) is 226 Å². The molecule has 0 aliphatic carbocycles. The van der Waals surface area contributed by atoms with E-state index in [1.165, 1.54) is 89.9 Å². The highest BCUT2D eigenvalue weighted by Gasteiger charge is 2.24. The van der Waals surface area contributed by atoms with Crippen molar-refractivity contribution in [1.29, 1.82) is 0 Å². The van der Waals surface area contributed by atoms with Gasteiger partial charge >= 0.3 is 5.97 Å². The summed E-state index contributed by atoms with van der Waals surface area (Å²) in [5.41, 5.74) is 0. The first-order valence-corrected chi connectivity index (χ1v) is 22.7. The number of carbonyl (C=O) groups excluding carboxylic acids is 2. The number of aliphatic hydroxyl groups excluding tert-OH is 2. The second-order valence-electron chi connectivity index (χ2n) is 15.4. The van der Waals surface area contributed by atoms with Gasteiger partial charge in [0.05, 0.1) is 25.2 Å². The van der Waals surface area contributed by atoms with Crippen LogP contribution in [0, 0.1) is 0 Å². The van der Waals surface area contributed by atoms with Gasteiger partial charge in [-0.25, -0.2) is 0 Å². The minimum absolute atomic E-state index is 0.0699. The normalized spacial score (nSPS) is 13.7. The number of aliphatic hydroxyl groups is 2. The van der Waals surface area contributed by atoms with Gasteiger partial charge in [-0.2, -0.15) is 0 Å². The molecule has 6 heteroatoms. The van der Waals surface area contributed by atoms with Crippen LogP contribution in [0.5, 0.6) is 0 Å². The van der Waals surface area contributed by atoms with E-state index in [1.54, 1.807) is 0 Å². The van der Waals surface area contributed by atoms with Crippen LogP contribution < -0.4 is 5.32 Å². The fourth-order valence-electron chi connectivity index (χ4n) is 6.80. The molecule has 0 radical (unpaired) electrons. The molecule has 3 N–H and O–H groups in total. The summed E-state index contributed by atoms with van der Waals surface area (Å²) in [6, 6.07) is -0.700. The summed E-state index contributed by atoms with van der Waals surface area (Å²) >= 11 is 0. The van der Waals surface area contributed by atoms with E-state index in [-0.39, 0.29) is 24.9 Å². The van der Waals surface area contributed by atoms with Crippen LogP contribution in [0.2, 0.25) is 0 Å². The Labute approximate surface area is 328 Å². The van der Waals surface area contributed by atoms with Gasteiger partial charge in [0.1, 0.15) is 6.10 Å². The lowest BCUT2D eigenvalue weighted by molar-refractivity contribution is -0.151. The van der Waals surface area contributed by atoms with Gasteiger partial charge in [-0.15, -0.1) is 0 Å². The molecule has 0 spiro atoms. The second-order valence-corrected chi connectivity index (χ2v) is 15.4. The lowest BCUT2D eigenvalue weighted by Gasteiger charge is -2.24. The lowest BCUT2D eigenvalue weighted by Crippen LogP contribution is -2.46. The number of allylic oxidation sites excluding steroid dienone is 6. The van der Waals surface area contributed by atoms with Gasteiger partial charge in [0.25, 0.3) is 0 Å². The standard InChI is InChI=1S/C47H87NO5/c1-4-7-10-13-16-18-20-22-24-26-28-31-34-37-40-47(52)53-43(38-35-32-29-15-12-9-6-3)41-46(51)48-44(42-49)45(50)39-36-33-30-27-25-23-21-19-17-14-11-8-5-2/h7,10,16,18,22,24,43-45,49-50H,4-6,8-9,11-15,17,19-21,23,25-42H2,1-3H3,(H,48,51)/b10-7+,18-16+,24-22+. The highest BCUT2D eigenvalue weighted by molar-refractivity contribution is 5.77. The van der Waals surface area contributed by atoms with Crippen molar-refractivity contribution in [2.45, 2.75) is 244 Å². The van der Waals surface area contributed by atoms with Crippen LogP contribution in [0.15, 0.2) is 36.5 Å². The fraction of sp³-hybridized carbons (Fsp3) is 0.830. The van der Waals surface area contributed by atoms with Crippen LogP contribution in [0.3, 0.4) is 0 Å². The molecule has 0 aromatic rings. The third kappa shape index (κ3) is 36.8. The Kier molecular flexibility index (Phi) is 39.8. The molecule has 0 heterocycles. The maximum atomic E-state index is 13.1. The first-order chi connectivity index (χ1) is 26.0. The molecule has 0 aromatic heterocycles. The zero-order valence-electron chi connectivity index (χ0n) is 35.1. The molecule has 6 nitrogen and oxygen atoms in total. The molecule has 0 aromatic carbocycles. The number of carbonyl (C=O) groups is 2. The summed E-state index contributed by atoms with van der Waals surface area (Å²) in [6.07, 6.45) is 46.4. The Morgan fingerprint density at radius 3 is 1.55 bits per heavy atom. The van der Waals surface area contributed by atoms with Crippen LogP contribution >= 0.6 is 0 Å².